The summed E-state index contributed by atoms with van der Waals surface area (Å²) in [5.41, 5.74) is 8.59. The highest BCUT2D eigenvalue weighted by atomic mass is 35.5. The number of hydrazone groups is 1. The third kappa shape index (κ3) is 5.49. The molecule has 196 valence electrons. The minimum atomic E-state index is -0.681. The summed E-state index contributed by atoms with van der Waals surface area (Å²) < 4.78 is 10.8. The van der Waals surface area contributed by atoms with E-state index in [2.05, 4.69) is 21.4 Å². The van der Waals surface area contributed by atoms with Gasteiger partial charge in [0.15, 0.2) is 5.76 Å². The van der Waals surface area contributed by atoms with Crippen LogP contribution < -0.4 is 21.0 Å². The summed E-state index contributed by atoms with van der Waals surface area (Å²) in [7, 11) is 1.51. The normalized spacial score (nSPS) is 13.4. The molecule has 0 saturated heterocycles. The van der Waals surface area contributed by atoms with E-state index in [9.17, 15) is 24.5 Å². The molecule has 38 heavy (non-hydrogen) atoms. The summed E-state index contributed by atoms with van der Waals surface area (Å²) in [5.74, 6) is -0.733. The topological polar surface area (TPSA) is 165 Å². The Labute approximate surface area is 221 Å². The van der Waals surface area contributed by atoms with Gasteiger partial charge in [0, 0.05) is 34.7 Å². The van der Waals surface area contributed by atoms with Crippen LogP contribution >= 0.6 is 11.6 Å². The zero-order chi connectivity index (χ0) is 27.4. The van der Waals surface area contributed by atoms with Gasteiger partial charge in [-0.05, 0) is 56.2 Å². The van der Waals surface area contributed by atoms with Crippen molar-refractivity contribution in [3.05, 3.63) is 91.4 Å². The first-order chi connectivity index (χ1) is 18.2. The van der Waals surface area contributed by atoms with Gasteiger partial charge in [0.1, 0.15) is 16.5 Å². The lowest BCUT2D eigenvalue weighted by Gasteiger charge is -2.13. The molecule has 4 rings (SSSR count). The van der Waals surface area contributed by atoms with Crippen LogP contribution in [-0.4, -0.2) is 35.5 Å². The molecule has 1 heterocycles. The molecule has 0 saturated carbocycles. The number of rotatable bonds is 6. The highest BCUT2D eigenvalue weighted by Gasteiger charge is 2.28. The fourth-order valence-electron chi connectivity index (χ4n) is 3.96. The van der Waals surface area contributed by atoms with Gasteiger partial charge in [-0.1, -0.05) is 11.6 Å². The van der Waals surface area contributed by atoms with E-state index in [4.69, 9.17) is 20.8 Å². The van der Waals surface area contributed by atoms with Gasteiger partial charge in [0.05, 0.1) is 17.7 Å². The third-order valence-corrected chi connectivity index (χ3v) is 6.19. The average molecular weight is 540 g/mol. The molecular weight excluding hydrogens is 518 g/mol. The molecule has 0 bridgehead atoms. The van der Waals surface area contributed by atoms with Gasteiger partial charge in [-0.15, -0.1) is 0 Å². The first kappa shape index (κ1) is 26.4. The summed E-state index contributed by atoms with van der Waals surface area (Å²) in [4.78, 5) is 48.1. The monoisotopic (exact) mass is 539 g/mol. The zero-order valence-electron chi connectivity index (χ0n) is 20.3. The molecule has 2 aromatic carbocycles. The minimum Gasteiger partial charge on any atom is -0.497 e. The van der Waals surface area contributed by atoms with Crippen molar-refractivity contribution in [3.8, 4) is 5.75 Å². The van der Waals surface area contributed by atoms with Crippen LogP contribution in [0.15, 0.2) is 52.0 Å². The first-order valence-electron chi connectivity index (χ1n) is 11.4. The number of ether oxygens (including phenoxy) is 1. The summed E-state index contributed by atoms with van der Waals surface area (Å²) in [6, 6.07) is 10.0. The maximum absolute atomic E-state index is 12.8. The Morgan fingerprint density at radius 1 is 1.03 bits per heavy atom. The van der Waals surface area contributed by atoms with E-state index < -0.39 is 28.3 Å². The van der Waals surface area contributed by atoms with Crippen molar-refractivity contribution >= 4 is 40.7 Å². The Kier molecular flexibility index (Phi) is 7.72. The predicted molar refractivity (Wildman–Crippen MR) is 136 cm³/mol. The van der Waals surface area contributed by atoms with Gasteiger partial charge < -0.3 is 9.15 Å². The summed E-state index contributed by atoms with van der Waals surface area (Å²) in [5, 5.41) is 15.2. The van der Waals surface area contributed by atoms with Crippen LogP contribution in [-0.2, 0) is 6.42 Å². The molecule has 3 N–H and O–H groups in total. The number of halogens is 1. The number of methoxy groups -OCH3 is 1. The van der Waals surface area contributed by atoms with Crippen molar-refractivity contribution in [2.24, 2.45) is 5.10 Å². The van der Waals surface area contributed by atoms with E-state index in [-0.39, 0.29) is 16.3 Å². The number of furan rings is 1. The molecule has 12 nitrogen and oxygen atoms in total. The van der Waals surface area contributed by atoms with Crippen molar-refractivity contribution < 1.29 is 28.5 Å². The van der Waals surface area contributed by atoms with E-state index in [0.29, 0.717) is 53.2 Å². The predicted octanol–water partition coefficient (Wildman–Crippen LogP) is 3.70. The van der Waals surface area contributed by atoms with Crippen molar-refractivity contribution in [1.29, 1.82) is 0 Å². The molecule has 0 fully saturated rings. The van der Waals surface area contributed by atoms with E-state index in [0.717, 1.165) is 6.07 Å². The zero-order valence-corrected chi connectivity index (χ0v) is 21.0. The SMILES string of the molecule is COc1ccc(C(=O)NNC(=O)c2oc3c(c2C)/C(=N/NC(=O)c2ccc(Cl)c([N+](=O)[O-])c2)CCC3)cc1. The number of nitro benzene ring substituents is 1. The molecule has 3 aromatic rings. The Hall–Kier alpha value is -4.71. The molecule has 0 radical (unpaired) electrons. The fraction of sp³-hybridized carbons (Fsp3) is 0.200. The third-order valence-electron chi connectivity index (χ3n) is 5.87. The van der Waals surface area contributed by atoms with E-state index >= 15 is 0 Å². The lowest BCUT2D eigenvalue weighted by molar-refractivity contribution is -0.384. The molecule has 1 aromatic heterocycles. The lowest BCUT2D eigenvalue weighted by Crippen LogP contribution is -2.41. The summed E-state index contributed by atoms with van der Waals surface area (Å²) >= 11 is 5.81. The fourth-order valence-corrected chi connectivity index (χ4v) is 4.14. The molecule has 0 atom stereocenters. The molecule has 0 unspecified atom stereocenters. The number of hydrogen-bond acceptors (Lipinski definition) is 8. The molecule has 13 heteroatoms. The van der Waals surface area contributed by atoms with Gasteiger partial charge >= 0.3 is 5.91 Å². The van der Waals surface area contributed by atoms with Crippen molar-refractivity contribution in [2.75, 3.05) is 7.11 Å². The molecule has 3 amide bonds. The van der Waals surface area contributed by atoms with Crippen LogP contribution in [0.25, 0.3) is 0 Å². The quantitative estimate of drug-likeness (QED) is 0.317. The van der Waals surface area contributed by atoms with Crippen LogP contribution in [0.1, 0.15) is 61.0 Å². The summed E-state index contributed by atoms with van der Waals surface area (Å²) in [6.07, 6.45) is 1.72. The van der Waals surface area contributed by atoms with Gasteiger partial charge in [0.25, 0.3) is 17.5 Å². The Bertz CT molecular complexity index is 1460. The van der Waals surface area contributed by atoms with Crippen molar-refractivity contribution in [1.82, 2.24) is 16.3 Å². The lowest BCUT2D eigenvalue weighted by atomic mass is 9.93. The number of aryl methyl sites for hydroxylation is 1. The highest BCUT2D eigenvalue weighted by Crippen LogP contribution is 2.30. The molecular formula is C25H22ClN5O7. The van der Waals surface area contributed by atoms with Crippen LogP contribution in [0.5, 0.6) is 5.75 Å². The number of benzene rings is 2. The largest absolute Gasteiger partial charge is 0.497 e. The van der Waals surface area contributed by atoms with E-state index in [1.807, 2.05) is 0 Å². The number of fused-ring (bicyclic) bond motifs is 1. The second kappa shape index (κ2) is 11.1. The van der Waals surface area contributed by atoms with E-state index in [1.54, 1.807) is 31.2 Å². The second-order valence-electron chi connectivity index (χ2n) is 8.27. The van der Waals surface area contributed by atoms with Crippen LogP contribution in [0.4, 0.5) is 5.69 Å². The number of nitrogens with one attached hydrogen (secondary N) is 3. The number of carbonyl (C=O) groups is 3. The number of nitro groups is 1. The first-order valence-corrected chi connectivity index (χ1v) is 11.8. The molecule has 1 aliphatic carbocycles. The van der Waals surface area contributed by atoms with Crippen molar-refractivity contribution in [3.63, 3.8) is 0 Å². The van der Waals surface area contributed by atoms with Crippen LogP contribution in [0.3, 0.4) is 0 Å². The van der Waals surface area contributed by atoms with Gasteiger partial charge in [-0.3, -0.25) is 35.3 Å². The van der Waals surface area contributed by atoms with E-state index in [1.165, 1.54) is 19.2 Å². The van der Waals surface area contributed by atoms with Gasteiger partial charge in [-0.2, -0.15) is 5.10 Å². The number of carbonyl (C=O) groups excluding carboxylic acids is 3. The van der Waals surface area contributed by atoms with Crippen molar-refractivity contribution in [2.45, 2.75) is 26.2 Å². The summed E-state index contributed by atoms with van der Waals surface area (Å²) in [6.45, 7) is 1.67. The Morgan fingerprint density at radius 3 is 2.39 bits per heavy atom. The molecule has 0 aliphatic heterocycles. The highest BCUT2D eigenvalue weighted by molar-refractivity contribution is 6.32. The Balaban J connectivity index is 1.47. The number of hydrazine groups is 1. The Morgan fingerprint density at radius 2 is 1.71 bits per heavy atom. The number of nitrogens with zero attached hydrogens (tertiary/aromatic N) is 2. The number of hydrogen-bond donors (Lipinski definition) is 3. The molecule has 0 spiro atoms. The van der Waals surface area contributed by atoms with Gasteiger partial charge in [0.2, 0.25) is 0 Å². The minimum absolute atomic E-state index is 0.000663. The van der Waals surface area contributed by atoms with Crippen LogP contribution in [0, 0.1) is 17.0 Å². The van der Waals surface area contributed by atoms with Gasteiger partial charge in [-0.25, -0.2) is 5.43 Å². The number of amides is 3. The standard InChI is InChI=1S/C25H22ClN5O7/c1-13-21-18(27-28-24(33)15-8-11-17(26)19(12-15)31(35)36)4-3-5-20(21)38-22(13)25(34)30-29-23(32)14-6-9-16(37-2)10-7-14/h6-12H,3-5H2,1-2H3,(H,28,33)(H,29,32)(H,30,34)/b27-18+. The van der Waals surface area contributed by atoms with Crippen LogP contribution in [0.2, 0.25) is 5.02 Å². The molecule has 1 aliphatic rings. The maximum atomic E-state index is 12.8. The maximum Gasteiger partial charge on any atom is 0.305 e. The average Bonchev–Trinajstić information content (AvgIpc) is 3.27. The smallest absolute Gasteiger partial charge is 0.305 e. The second-order valence-corrected chi connectivity index (χ2v) is 8.67.